The summed E-state index contributed by atoms with van der Waals surface area (Å²) < 4.78 is 0. The van der Waals surface area contributed by atoms with Gasteiger partial charge in [0.05, 0.1) is 0 Å². The maximum Gasteiger partial charge on any atom is 0.182 e. The highest BCUT2D eigenvalue weighted by Crippen LogP contribution is 2.05. The van der Waals surface area contributed by atoms with Gasteiger partial charge in [0.1, 0.15) is 6.17 Å². The number of hydrogen-bond acceptors (Lipinski definition) is 2. The minimum absolute atomic E-state index is 0.0683. The van der Waals surface area contributed by atoms with Crippen LogP contribution in [-0.2, 0) is 0 Å². The fraction of sp³-hybridized carbons (Fsp3) is 0.182. The average molecular weight is 219 g/mol. The van der Waals surface area contributed by atoms with Crippen molar-refractivity contribution < 1.29 is 0 Å². The first kappa shape index (κ1) is 10.1. The first-order valence-electron chi connectivity index (χ1n) is 4.81. The van der Waals surface area contributed by atoms with Crippen LogP contribution in [0.25, 0.3) is 6.08 Å². The molecule has 1 aliphatic rings. The summed E-state index contributed by atoms with van der Waals surface area (Å²) in [5.74, 6) is 0. The van der Waals surface area contributed by atoms with Gasteiger partial charge in [-0.1, -0.05) is 35.9 Å². The molecule has 2 rings (SSSR count). The fourth-order valence-corrected chi connectivity index (χ4v) is 1.52. The maximum absolute atomic E-state index is 4.93. The van der Waals surface area contributed by atoms with Gasteiger partial charge in [0.15, 0.2) is 5.11 Å². The molecule has 1 aromatic carbocycles. The van der Waals surface area contributed by atoms with E-state index >= 15 is 0 Å². The lowest BCUT2D eigenvalue weighted by Gasteiger charge is -2.02. The highest BCUT2D eigenvalue weighted by atomic mass is 32.1. The van der Waals surface area contributed by atoms with Gasteiger partial charge in [-0.05, 0) is 30.8 Å². The molecule has 1 aromatic rings. The summed E-state index contributed by atoms with van der Waals surface area (Å²) >= 11 is 4.93. The van der Waals surface area contributed by atoms with Crippen molar-refractivity contribution in [2.24, 2.45) is 0 Å². The van der Waals surface area contributed by atoms with Crippen molar-refractivity contribution in [3.05, 3.63) is 41.5 Å². The standard InChI is InChI=1S/C11H13N3S/c1-8-2-4-9(5-3-8)6-7-10-12-11(15)14-13-10/h2-7,10,13H,1H3,(H2,12,14,15)/b7-6+. The first-order valence-corrected chi connectivity index (χ1v) is 5.22. The predicted molar refractivity (Wildman–Crippen MR) is 66.0 cm³/mol. The molecule has 1 fully saturated rings. The number of benzene rings is 1. The van der Waals surface area contributed by atoms with E-state index in [0.29, 0.717) is 5.11 Å². The molecule has 1 saturated heterocycles. The van der Waals surface area contributed by atoms with Crippen LogP contribution in [0.4, 0.5) is 0 Å². The van der Waals surface area contributed by atoms with E-state index in [9.17, 15) is 0 Å². The van der Waals surface area contributed by atoms with Crippen LogP contribution in [0, 0.1) is 6.92 Å². The van der Waals surface area contributed by atoms with Gasteiger partial charge in [-0.3, -0.25) is 5.43 Å². The number of thiocarbonyl (C=S) groups is 1. The van der Waals surface area contributed by atoms with Crippen LogP contribution in [0.1, 0.15) is 11.1 Å². The fourth-order valence-electron chi connectivity index (χ4n) is 1.34. The molecular weight excluding hydrogens is 206 g/mol. The maximum atomic E-state index is 4.93. The van der Waals surface area contributed by atoms with Crippen molar-refractivity contribution >= 4 is 23.4 Å². The average Bonchev–Trinajstić information content (AvgIpc) is 2.64. The van der Waals surface area contributed by atoms with E-state index in [4.69, 9.17) is 12.2 Å². The Balaban J connectivity index is 1.99. The second kappa shape index (κ2) is 4.42. The Kier molecular flexibility index (Phi) is 2.99. The van der Waals surface area contributed by atoms with E-state index in [1.54, 1.807) is 0 Å². The zero-order chi connectivity index (χ0) is 10.7. The van der Waals surface area contributed by atoms with Crippen molar-refractivity contribution in [1.82, 2.24) is 16.2 Å². The third-order valence-electron chi connectivity index (χ3n) is 2.19. The molecule has 78 valence electrons. The van der Waals surface area contributed by atoms with Gasteiger partial charge in [-0.15, -0.1) is 0 Å². The van der Waals surface area contributed by atoms with Gasteiger partial charge in [0.2, 0.25) is 0 Å². The topological polar surface area (TPSA) is 36.1 Å². The third-order valence-corrected chi connectivity index (χ3v) is 2.41. The second-order valence-electron chi connectivity index (χ2n) is 3.49. The van der Waals surface area contributed by atoms with Gasteiger partial charge < -0.3 is 5.32 Å². The number of aryl methyl sites for hydroxylation is 1. The molecule has 0 bridgehead atoms. The van der Waals surface area contributed by atoms with E-state index in [2.05, 4.69) is 53.4 Å². The van der Waals surface area contributed by atoms with Crippen LogP contribution in [0.15, 0.2) is 30.3 Å². The lowest BCUT2D eigenvalue weighted by atomic mass is 10.1. The SMILES string of the molecule is Cc1ccc(/C=C/C2NNC(=S)N2)cc1. The van der Waals surface area contributed by atoms with Crippen LogP contribution < -0.4 is 16.2 Å². The summed E-state index contributed by atoms with van der Waals surface area (Å²) in [7, 11) is 0. The van der Waals surface area contributed by atoms with Gasteiger partial charge in [-0.2, -0.15) is 0 Å². The number of nitrogens with one attached hydrogen (secondary N) is 3. The predicted octanol–water partition coefficient (Wildman–Crippen LogP) is 1.32. The summed E-state index contributed by atoms with van der Waals surface area (Å²) in [5, 5.41) is 3.69. The number of rotatable bonds is 2. The lowest BCUT2D eigenvalue weighted by molar-refractivity contribution is 0.621. The first-order chi connectivity index (χ1) is 7.24. The monoisotopic (exact) mass is 219 g/mol. The molecule has 0 aromatic heterocycles. The molecule has 1 heterocycles. The van der Waals surface area contributed by atoms with Crippen LogP contribution >= 0.6 is 12.2 Å². The lowest BCUT2D eigenvalue weighted by Crippen LogP contribution is -2.31. The summed E-state index contributed by atoms with van der Waals surface area (Å²) in [6.45, 7) is 2.08. The van der Waals surface area contributed by atoms with Crippen molar-refractivity contribution in [3.8, 4) is 0 Å². The Morgan fingerprint density at radius 3 is 2.60 bits per heavy atom. The Morgan fingerprint density at radius 1 is 1.27 bits per heavy atom. The molecule has 15 heavy (non-hydrogen) atoms. The Hall–Kier alpha value is -1.39. The molecule has 0 saturated carbocycles. The van der Waals surface area contributed by atoms with Gasteiger partial charge in [0, 0.05) is 0 Å². The van der Waals surface area contributed by atoms with Crippen LogP contribution in [0.5, 0.6) is 0 Å². The Labute approximate surface area is 94.5 Å². The largest absolute Gasteiger partial charge is 0.341 e. The smallest absolute Gasteiger partial charge is 0.182 e. The molecular formula is C11H13N3S. The molecule has 1 atom stereocenters. The highest BCUT2D eigenvalue weighted by molar-refractivity contribution is 7.80. The van der Waals surface area contributed by atoms with E-state index in [-0.39, 0.29) is 6.17 Å². The molecule has 4 heteroatoms. The molecule has 1 unspecified atom stereocenters. The second-order valence-corrected chi connectivity index (χ2v) is 3.90. The van der Waals surface area contributed by atoms with Gasteiger partial charge in [-0.25, -0.2) is 5.43 Å². The molecule has 0 spiro atoms. The molecule has 3 nitrogen and oxygen atoms in total. The summed E-state index contributed by atoms with van der Waals surface area (Å²) in [6, 6.07) is 8.37. The summed E-state index contributed by atoms with van der Waals surface area (Å²) in [6.07, 6.45) is 4.15. The van der Waals surface area contributed by atoms with Crippen LogP contribution in [0.2, 0.25) is 0 Å². The van der Waals surface area contributed by atoms with Crippen molar-refractivity contribution in [2.45, 2.75) is 13.1 Å². The molecule has 1 aliphatic heterocycles. The molecule has 0 amide bonds. The zero-order valence-electron chi connectivity index (χ0n) is 8.45. The third kappa shape index (κ3) is 2.78. The number of hydrogen-bond donors (Lipinski definition) is 3. The number of hydrazine groups is 1. The van der Waals surface area contributed by atoms with Gasteiger partial charge in [0.25, 0.3) is 0 Å². The van der Waals surface area contributed by atoms with Crippen molar-refractivity contribution in [2.75, 3.05) is 0 Å². The molecule has 0 aliphatic carbocycles. The minimum atomic E-state index is 0.0683. The molecule has 0 radical (unpaired) electrons. The van der Waals surface area contributed by atoms with Crippen molar-refractivity contribution in [1.29, 1.82) is 0 Å². The normalized spacial score (nSPS) is 20.3. The quantitative estimate of drug-likeness (QED) is 0.656. The Morgan fingerprint density at radius 2 is 2.00 bits per heavy atom. The molecule has 3 N–H and O–H groups in total. The van der Waals surface area contributed by atoms with Crippen molar-refractivity contribution in [3.63, 3.8) is 0 Å². The van der Waals surface area contributed by atoms with E-state index in [0.717, 1.165) is 0 Å². The van der Waals surface area contributed by atoms with Crippen LogP contribution in [-0.4, -0.2) is 11.3 Å². The van der Waals surface area contributed by atoms with E-state index < -0.39 is 0 Å². The Bertz CT molecular complexity index is 383. The van der Waals surface area contributed by atoms with E-state index in [1.807, 2.05) is 6.08 Å². The zero-order valence-corrected chi connectivity index (χ0v) is 9.27. The minimum Gasteiger partial charge on any atom is -0.341 e. The summed E-state index contributed by atoms with van der Waals surface area (Å²) in [4.78, 5) is 0. The van der Waals surface area contributed by atoms with Crippen LogP contribution in [0.3, 0.4) is 0 Å². The summed E-state index contributed by atoms with van der Waals surface area (Å²) in [5.41, 5.74) is 8.29. The highest BCUT2D eigenvalue weighted by Gasteiger charge is 2.11. The van der Waals surface area contributed by atoms with E-state index in [1.165, 1.54) is 11.1 Å². The van der Waals surface area contributed by atoms with Gasteiger partial charge >= 0.3 is 0 Å².